The van der Waals surface area contributed by atoms with Crippen molar-refractivity contribution in [3.8, 4) is 17.2 Å². The number of allylic oxidation sites excluding steroid dienone is 3. The lowest BCUT2D eigenvalue weighted by atomic mass is 9.63. The van der Waals surface area contributed by atoms with Crippen LogP contribution in [0.1, 0.15) is 92.0 Å². The standard InChI is InChI=1S/C49H60N2O12/c1-3-60-48(57)47-36(24-54)41-31-16-32(23-53)43(56)34(18-31)33-17-29-9-12-50-39(29)19-28(33)8-7-27(22-52)26-61-45-35-20-40(62-44(35)37(25-55)46(63-47)42(41)45)49(58)11-4-6-30-21-51(13-5-15-59-2)14-10-38(30)49/h9,12,17,19,24,27,30,32,34,38,40,50,52-53,55,58H,3-8,10-11,13-16,18,20-23,25-26H2,1-2H3. The number of esters is 1. The first-order chi connectivity index (χ1) is 30.7. The molecule has 14 nitrogen and oxygen atoms in total. The molecule has 2 bridgehead atoms. The maximum absolute atomic E-state index is 14.5. The average Bonchev–Trinajstić information content (AvgIpc) is 3.96. The molecule has 5 heterocycles. The average molecular weight is 869 g/mol. The predicted molar refractivity (Wildman–Crippen MR) is 231 cm³/mol. The molecule has 7 atom stereocenters. The third kappa shape index (κ3) is 7.69. The molecule has 338 valence electrons. The number of ketones is 1. The highest BCUT2D eigenvalue weighted by molar-refractivity contribution is 6.11. The summed E-state index contributed by atoms with van der Waals surface area (Å²) in [6.45, 7) is 3.84. The van der Waals surface area contributed by atoms with E-state index < -0.39 is 42.7 Å². The maximum atomic E-state index is 14.5. The number of aromatic nitrogens is 1. The van der Waals surface area contributed by atoms with Crippen LogP contribution >= 0.6 is 0 Å². The Morgan fingerprint density at radius 2 is 1.94 bits per heavy atom. The minimum absolute atomic E-state index is 0.00539. The number of nitrogens with zero attached hydrogens (tertiary/aromatic N) is 1. The van der Waals surface area contributed by atoms with Crippen LogP contribution in [0.3, 0.4) is 0 Å². The van der Waals surface area contributed by atoms with Crippen molar-refractivity contribution < 1.29 is 58.5 Å². The fourth-order valence-corrected chi connectivity index (χ4v) is 11.8. The lowest BCUT2D eigenvalue weighted by molar-refractivity contribution is -0.151. The number of aliphatic hydroxyl groups excluding tert-OH is 3. The quantitative estimate of drug-likeness (QED) is 0.101. The molecule has 63 heavy (non-hydrogen) atoms. The van der Waals surface area contributed by atoms with Crippen molar-refractivity contribution in [2.45, 2.75) is 95.4 Å². The number of aldehydes is 1. The van der Waals surface area contributed by atoms with Gasteiger partial charge in [0.05, 0.1) is 43.1 Å². The van der Waals surface area contributed by atoms with Crippen LogP contribution in [0, 0.1) is 23.7 Å². The number of rotatable bonds is 11. The molecule has 3 fully saturated rings. The SMILES string of the molecule is CCOC(=O)C1=C(C=O)C2=C3CC(CO)C(=O)C(C3)c3cc4cc[nH]c4cc3CCC(CO)COc3c4c(c(CO)c(c32)O1)OC(C1(O)CCCC2CN(CCCOC)CCC21)C4. The number of H-pyrrole nitrogens is 1. The molecular formula is C49H60N2O12. The van der Waals surface area contributed by atoms with E-state index in [1.54, 1.807) is 14.0 Å². The highest BCUT2D eigenvalue weighted by Gasteiger charge is 2.55. The van der Waals surface area contributed by atoms with E-state index >= 15 is 0 Å². The van der Waals surface area contributed by atoms with Crippen molar-refractivity contribution in [2.24, 2.45) is 23.7 Å². The van der Waals surface area contributed by atoms with Crippen molar-refractivity contribution >= 4 is 34.5 Å². The first kappa shape index (κ1) is 43.7. The number of benzene rings is 2. The van der Waals surface area contributed by atoms with Crippen LogP contribution in [0.15, 0.2) is 41.3 Å². The second-order valence-corrected chi connectivity index (χ2v) is 18.4. The van der Waals surface area contributed by atoms with Gasteiger partial charge < -0.3 is 54.0 Å². The second kappa shape index (κ2) is 18.1. The maximum Gasteiger partial charge on any atom is 0.375 e. The Balaban J connectivity index is 1.22. The molecule has 14 heteroatoms. The number of aryl methyl sites for hydroxylation is 1. The van der Waals surface area contributed by atoms with Crippen molar-refractivity contribution in [1.82, 2.24) is 9.88 Å². The Labute approximate surface area is 367 Å². The molecule has 2 saturated carbocycles. The van der Waals surface area contributed by atoms with E-state index in [4.69, 9.17) is 23.7 Å². The minimum atomic E-state index is -1.21. The molecule has 0 amide bonds. The number of aromatic amines is 1. The summed E-state index contributed by atoms with van der Waals surface area (Å²) in [4.78, 5) is 47.6. The van der Waals surface area contributed by atoms with Crippen LogP contribution in [-0.4, -0.2) is 120 Å². The lowest BCUT2D eigenvalue weighted by Gasteiger charge is -2.51. The fourth-order valence-electron chi connectivity index (χ4n) is 11.8. The number of hydrogen-bond donors (Lipinski definition) is 5. The Morgan fingerprint density at radius 1 is 1.08 bits per heavy atom. The summed E-state index contributed by atoms with van der Waals surface area (Å²) in [6.07, 6.45) is 7.32. The number of Topliss-reactive ketones (excluding diaryl/α,β-unsaturated/α-hetero) is 1. The minimum Gasteiger partial charge on any atom is -0.492 e. The zero-order valence-corrected chi connectivity index (χ0v) is 36.3. The van der Waals surface area contributed by atoms with Crippen LogP contribution < -0.4 is 14.2 Å². The summed E-state index contributed by atoms with van der Waals surface area (Å²) in [5, 5.41) is 46.9. The summed E-state index contributed by atoms with van der Waals surface area (Å²) >= 11 is 0. The van der Waals surface area contributed by atoms with Crippen molar-refractivity contribution in [1.29, 1.82) is 0 Å². The first-order valence-corrected chi connectivity index (χ1v) is 22.8. The molecule has 4 aliphatic heterocycles. The number of piperidine rings is 1. The molecular weight excluding hydrogens is 809 g/mol. The van der Waals surface area contributed by atoms with Crippen LogP contribution in [-0.2, 0) is 43.3 Å². The van der Waals surface area contributed by atoms with Gasteiger partial charge in [0.25, 0.3) is 0 Å². The highest BCUT2D eigenvalue weighted by atomic mass is 16.6. The number of ether oxygens (including phenoxy) is 5. The van der Waals surface area contributed by atoms with Gasteiger partial charge in [0.15, 0.2) is 6.29 Å². The third-order valence-electron chi connectivity index (χ3n) is 14.9. The van der Waals surface area contributed by atoms with Gasteiger partial charge in [-0.1, -0.05) is 12.0 Å². The number of carbonyl (C=O) groups excluding carboxylic acids is 3. The van der Waals surface area contributed by atoms with E-state index in [1.807, 2.05) is 24.4 Å². The number of likely N-dealkylation sites (tertiary alicyclic amines) is 1. The lowest BCUT2D eigenvalue weighted by Crippen LogP contribution is -2.59. The van der Waals surface area contributed by atoms with Crippen molar-refractivity contribution in [3.05, 3.63) is 69.1 Å². The smallest absolute Gasteiger partial charge is 0.375 e. The van der Waals surface area contributed by atoms with E-state index in [0.29, 0.717) is 65.9 Å². The van der Waals surface area contributed by atoms with Crippen LogP contribution in [0.2, 0.25) is 0 Å². The molecule has 0 radical (unpaired) electrons. The molecule has 7 unspecified atom stereocenters. The Bertz CT molecular complexity index is 2330. The fraction of sp³-hybridized carbons (Fsp3) is 0.571. The zero-order chi connectivity index (χ0) is 44.0. The van der Waals surface area contributed by atoms with E-state index in [9.17, 15) is 34.8 Å². The molecule has 9 rings (SSSR count). The van der Waals surface area contributed by atoms with Crippen molar-refractivity contribution in [3.63, 3.8) is 0 Å². The van der Waals surface area contributed by atoms with Crippen LogP contribution in [0.25, 0.3) is 16.5 Å². The molecule has 6 aliphatic rings. The normalized spacial score (nSPS) is 28.3. The monoisotopic (exact) mass is 868 g/mol. The number of methoxy groups -OCH3 is 1. The topological polar surface area (TPSA) is 197 Å². The van der Waals surface area contributed by atoms with Gasteiger partial charge in [0, 0.05) is 80.4 Å². The summed E-state index contributed by atoms with van der Waals surface area (Å²) < 4.78 is 31.0. The number of hydrogen-bond acceptors (Lipinski definition) is 13. The van der Waals surface area contributed by atoms with Gasteiger partial charge in [-0.15, -0.1) is 0 Å². The molecule has 0 spiro atoms. The van der Waals surface area contributed by atoms with Gasteiger partial charge in [-0.25, -0.2) is 4.79 Å². The van der Waals surface area contributed by atoms with Gasteiger partial charge in [-0.05, 0) is 111 Å². The molecule has 5 N–H and O–H groups in total. The van der Waals surface area contributed by atoms with Gasteiger partial charge in [-0.2, -0.15) is 0 Å². The summed E-state index contributed by atoms with van der Waals surface area (Å²) in [6, 6.07) is 6.00. The Hall–Kier alpha value is -4.57. The first-order valence-electron chi connectivity index (χ1n) is 22.8. The number of nitrogens with one attached hydrogen (secondary N) is 1. The van der Waals surface area contributed by atoms with E-state index in [1.165, 1.54) is 0 Å². The largest absolute Gasteiger partial charge is 0.492 e. The number of carbonyl (C=O) groups is 3. The predicted octanol–water partition coefficient (Wildman–Crippen LogP) is 4.70. The third-order valence-corrected chi connectivity index (χ3v) is 14.9. The summed E-state index contributed by atoms with van der Waals surface area (Å²) in [5.74, 6) is -2.40. The molecule has 2 aromatic carbocycles. The van der Waals surface area contributed by atoms with Crippen LogP contribution in [0.4, 0.5) is 0 Å². The highest BCUT2D eigenvalue weighted by Crippen LogP contribution is 2.58. The van der Waals surface area contributed by atoms with E-state index in [0.717, 1.165) is 67.3 Å². The van der Waals surface area contributed by atoms with E-state index in [2.05, 4.69) is 9.88 Å². The number of aliphatic hydroxyl groups is 4. The molecule has 2 aliphatic carbocycles. The summed E-state index contributed by atoms with van der Waals surface area (Å²) in [5.41, 5.74) is 3.44. The molecule has 3 aromatic rings. The van der Waals surface area contributed by atoms with Gasteiger partial charge >= 0.3 is 5.97 Å². The Kier molecular flexibility index (Phi) is 12.6. The molecule has 1 aromatic heterocycles. The van der Waals surface area contributed by atoms with Gasteiger partial charge in [-0.3, -0.25) is 9.59 Å². The number of fused-ring (bicyclic) bond motifs is 8. The van der Waals surface area contributed by atoms with Crippen LogP contribution in [0.5, 0.6) is 17.2 Å². The van der Waals surface area contributed by atoms with Crippen molar-refractivity contribution in [2.75, 3.05) is 59.8 Å². The summed E-state index contributed by atoms with van der Waals surface area (Å²) in [7, 11) is 1.71. The van der Waals surface area contributed by atoms with E-state index in [-0.39, 0.29) is 85.3 Å². The molecule has 1 saturated heterocycles. The van der Waals surface area contributed by atoms with Gasteiger partial charge in [0.2, 0.25) is 5.76 Å². The van der Waals surface area contributed by atoms with Gasteiger partial charge in [0.1, 0.15) is 34.7 Å². The Morgan fingerprint density at radius 3 is 2.70 bits per heavy atom. The zero-order valence-electron chi connectivity index (χ0n) is 36.3. The second-order valence-electron chi connectivity index (χ2n) is 18.4.